The van der Waals surface area contributed by atoms with Crippen LogP contribution in [0.5, 0.6) is 0 Å². The second-order valence-corrected chi connectivity index (χ2v) is 10.6. The molecule has 4 heterocycles. The van der Waals surface area contributed by atoms with Crippen molar-refractivity contribution in [1.29, 1.82) is 0 Å². The molecule has 248 valence electrons. The highest BCUT2D eigenvalue weighted by molar-refractivity contribution is 6.34. The molecule has 0 aliphatic carbocycles. The molecule has 0 saturated carbocycles. The minimum atomic E-state index is -4.81. The molecule has 2 aromatic heterocycles. The number of halogens is 5. The number of imidazole rings is 1. The van der Waals surface area contributed by atoms with Gasteiger partial charge in [0.1, 0.15) is 6.67 Å². The summed E-state index contributed by atoms with van der Waals surface area (Å²) >= 11 is 6.39. The van der Waals surface area contributed by atoms with Crippen LogP contribution >= 0.6 is 11.6 Å². The zero-order chi connectivity index (χ0) is 33.6. The number of nitrogens with zero attached hydrogens (tertiary/aromatic N) is 6. The number of aromatic nitrogens is 4. The van der Waals surface area contributed by atoms with E-state index in [1.807, 2.05) is 0 Å². The van der Waals surface area contributed by atoms with Crippen molar-refractivity contribution in [3.05, 3.63) is 52.7 Å². The van der Waals surface area contributed by atoms with Crippen molar-refractivity contribution in [2.75, 3.05) is 51.3 Å². The highest BCUT2D eigenvalue weighted by Crippen LogP contribution is 2.36. The van der Waals surface area contributed by atoms with Gasteiger partial charge in [0.25, 0.3) is 18.3 Å². The van der Waals surface area contributed by atoms with E-state index in [4.69, 9.17) is 21.5 Å². The summed E-state index contributed by atoms with van der Waals surface area (Å²) < 4.78 is 55.5. The monoisotopic (exact) mass is 671 g/mol. The summed E-state index contributed by atoms with van der Waals surface area (Å²) in [6.45, 7) is 1.35. The first-order chi connectivity index (χ1) is 21.9. The van der Waals surface area contributed by atoms with E-state index in [-0.39, 0.29) is 64.4 Å². The number of amides is 4. The van der Waals surface area contributed by atoms with Gasteiger partial charge in [-0.25, -0.2) is 14.2 Å². The molecule has 2 aliphatic rings. The van der Waals surface area contributed by atoms with Crippen LogP contribution in [0.2, 0.25) is 5.02 Å². The third-order valence-corrected chi connectivity index (χ3v) is 7.54. The van der Waals surface area contributed by atoms with Crippen LogP contribution in [-0.4, -0.2) is 111 Å². The fourth-order valence-electron chi connectivity index (χ4n) is 4.78. The molecule has 5 rings (SSSR count). The van der Waals surface area contributed by atoms with Gasteiger partial charge in [-0.3, -0.25) is 19.1 Å². The van der Waals surface area contributed by atoms with Crippen LogP contribution in [0.3, 0.4) is 0 Å². The lowest BCUT2D eigenvalue weighted by molar-refractivity contribution is -0.141. The van der Waals surface area contributed by atoms with Gasteiger partial charge in [-0.2, -0.15) is 18.3 Å². The third kappa shape index (κ3) is 7.74. The Labute approximate surface area is 264 Å². The summed E-state index contributed by atoms with van der Waals surface area (Å²) in [5.41, 5.74) is -1.17. The minimum Gasteiger partial charge on any atom is -0.483 e. The van der Waals surface area contributed by atoms with Crippen LogP contribution < -0.4 is 16.0 Å². The Morgan fingerprint density at radius 2 is 1.80 bits per heavy atom. The highest BCUT2D eigenvalue weighted by atomic mass is 35.5. The summed E-state index contributed by atoms with van der Waals surface area (Å²) in [5, 5.41) is 19.0. The van der Waals surface area contributed by atoms with Crippen LogP contribution in [0.4, 0.5) is 28.0 Å². The maximum Gasteiger partial charge on any atom is 0.435 e. The van der Waals surface area contributed by atoms with Crippen molar-refractivity contribution in [3.63, 3.8) is 0 Å². The van der Waals surface area contributed by atoms with E-state index in [0.29, 0.717) is 26.2 Å². The molecule has 0 bridgehead atoms. The standard InChI is InChI=1S/C26H28ClF4N9O3.CH2O2/c1-37-20(18-14-40(5-4-28)36-21(18)26(29,30)31)13-33-22(37)23(41)34-15-2-3-17(19(27)10-15)24(42)38-6-8-39(9-7-38)25(43)35-16-11-32-12-16;2-1-3/h2-3,10,13-14,16,32H,4-9,11-12H2,1H3,(H,34,41)(H,35,43);1H,(H,2,3). The first kappa shape index (κ1) is 34.2. The molecular weight excluding hydrogens is 642 g/mol. The van der Waals surface area contributed by atoms with Crippen molar-refractivity contribution in [3.8, 4) is 11.3 Å². The quantitative estimate of drug-likeness (QED) is 0.219. The lowest BCUT2D eigenvalue weighted by Crippen LogP contribution is -2.61. The van der Waals surface area contributed by atoms with E-state index in [1.165, 1.54) is 29.8 Å². The van der Waals surface area contributed by atoms with Crippen LogP contribution in [0, 0.1) is 0 Å². The molecule has 1 aromatic carbocycles. The van der Waals surface area contributed by atoms with E-state index in [1.54, 1.807) is 9.80 Å². The number of carbonyl (C=O) groups excluding carboxylic acids is 3. The Kier molecular flexibility index (Phi) is 10.8. The van der Waals surface area contributed by atoms with Crippen LogP contribution in [0.15, 0.2) is 30.6 Å². The summed E-state index contributed by atoms with van der Waals surface area (Å²) in [4.78, 5) is 54.0. The number of hydrogen-bond donors (Lipinski definition) is 4. The predicted octanol–water partition coefficient (Wildman–Crippen LogP) is 2.32. The van der Waals surface area contributed by atoms with E-state index >= 15 is 0 Å². The molecule has 2 fully saturated rings. The molecule has 2 saturated heterocycles. The molecule has 19 heteroatoms. The number of anilines is 1. The SMILES string of the molecule is Cn1c(-c2cn(CCF)nc2C(F)(F)F)cnc1C(=O)Nc1ccc(C(=O)N2CCN(C(=O)NC3CNC3)CC2)c(Cl)c1.O=CO. The molecule has 4 amide bonds. The normalized spacial score (nSPS) is 15.0. The summed E-state index contributed by atoms with van der Waals surface area (Å²) in [6.07, 6.45) is -2.66. The number of piperazine rings is 1. The second kappa shape index (κ2) is 14.6. The average molecular weight is 672 g/mol. The van der Waals surface area contributed by atoms with Crippen LogP contribution in [0.1, 0.15) is 26.7 Å². The Balaban J connectivity index is 0.00000154. The number of nitrogens with one attached hydrogen (secondary N) is 3. The Bertz CT molecular complexity index is 1580. The van der Waals surface area contributed by atoms with Gasteiger partial charge in [0.15, 0.2) is 11.5 Å². The number of aryl methyl sites for hydroxylation is 1. The minimum absolute atomic E-state index is 0.0424. The zero-order valence-corrected chi connectivity index (χ0v) is 25.1. The Hall–Kier alpha value is -4.71. The fourth-order valence-corrected chi connectivity index (χ4v) is 5.04. The molecule has 0 atom stereocenters. The topological polar surface area (TPSA) is 167 Å². The van der Waals surface area contributed by atoms with Gasteiger partial charge in [-0.1, -0.05) is 11.6 Å². The molecule has 3 aromatic rings. The summed E-state index contributed by atoms with van der Waals surface area (Å²) in [6, 6.07) is 4.27. The number of benzene rings is 1. The largest absolute Gasteiger partial charge is 0.483 e. The molecule has 0 spiro atoms. The number of urea groups is 1. The first-order valence-electron chi connectivity index (χ1n) is 13.8. The first-order valence-corrected chi connectivity index (χ1v) is 14.2. The number of carboxylic acid groups (broad SMARTS) is 1. The van der Waals surface area contributed by atoms with Gasteiger partial charge in [0.2, 0.25) is 0 Å². The van der Waals surface area contributed by atoms with Crippen molar-refractivity contribution < 1.29 is 41.8 Å². The average Bonchev–Trinajstić information content (AvgIpc) is 3.58. The molecule has 0 radical (unpaired) electrons. The molecular formula is C27H30ClF4N9O5. The number of carbonyl (C=O) groups is 4. The summed E-state index contributed by atoms with van der Waals surface area (Å²) in [5.74, 6) is -1.26. The molecule has 14 nitrogen and oxygen atoms in total. The maximum absolute atomic E-state index is 13.6. The zero-order valence-electron chi connectivity index (χ0n) is 24.4. The smallest absolute Gasteiger partial charge is 0.435 e. The van der Waals surface area contributed by atoms with Gasteiger partial charge < -0.3 is 35.4 Å². The van der Waals surface area contributed by atoms with Gasteiger partial charge in [-0.05, 0) is 18.2 Å². The van der Waals surface area contributed by atoms with Gasteiger partial charge >= 0.3 is 12.2 Å². The van der Waals surface area contributed by atoms with Crippen LogP contribution in [-0.2, 0) is 24.6 Å². The van der Waals surface area contributed by atoms with E-state index < -0.39 is 24.5 Å². The second-order valence-electron chi connectivity index (χ2n) is 10.2. The van der Waals surface area contributed by atoms with Gasteiger partial charge in [-0.15, -0.1) is 0 Å². The van der Waals surface area contributed by atoms with Crippen molar-refractivity contribution >= 4 is 41.6 Å². The fraction of sp³-hybridized carbons (Fsp3) is 0.407. The molecule has 2 aliphatic heterocycles. The lowest BCUT2D eigenvalue weighted by atomic mass is 10.1. The number of rotatable bonds is 7. The maximum atomic E-state index is 13.6. The molecule has 0 unspecified atom stereocenters. The summed E-state index contributed by atoms with van der Waals surface area (Å²) in [7, 11) is 1.37. The number of alkyl halides is 4. The van der Waals surface area contributed by atoms with Gasteiger partial charge in [0, 0.05) is 58.2 Å². The molecule has 4 N–H and O–H groups in total. The van der Waals surface area contributed by atoms with Crippen molar-refractivity contribution in [2.24, 2.45) is 7.05 Å². The lowest BCUT2D eigenvalue weighted by Gasteiger charge is -2.37. The molecule has 46 heavy (non-hydrogen) atoms. The van der Waals surface area contributed by atoms with E-state index in [2.05, 4.69) is 26.0 Å². The van der Waals surface area contributed by atoms with E-state index in [0.717, 1.165) is 30.2 Å². The Morgan fingerprint density at radius 3 is 2.37 bits per heavy atom. The predicted molar refractivity (Wildman–Crippen MR) is 156 cm³/mol. The third-order valence-electron chi connectivity index (χ3n) is 7.23. The number of hydrogen-bond acceptors (Lipinski definition) is 7. The van der Waals surface area contributed by atoms with Gasteiger partial charge in [0.05, 0.1) is 40.6 Å². The van der Waals surface area contributed by atoms with Crippen LogP contribution in [0.25, 0.3) is 11.3 Å². The van der Waals surface area contributed by atoms with E-state index in [9.17, 15) is 31.9 Å². The Morgan fingerprint density at radius 1 is 1.15 bits per heavy atom. The highest BCUT2D eigenvalue weighted by Gasteiger charge is 2.38. The van der Waals surface area contributed by atoms with Crippen molar-refractivity contribution in [2.45, 2.75) is 18.8 Å². The van der Waals surface area contributed by atoms with Crippen molar-refractivity contribution in [1.82, 2.24) is 39.8 Å².